The van der Waals surface area contributed by atoms with Crippen LogP contribution in [0.2, 0.25) is 0 Å². The number of rotatable bonds is 1. The van der Waals surface area contributed by atoms with Gasteiger partial charge in [0.15, 0.2) is 5.95 Å². The maximum Gasteiger partial charge on any atom is 0.205 e. The second kappa shape index (κ2) is 10.5. The van der Waals surface area contributed by atoms with E-state index < -0.39 is 0 Å². The number of halogens is 1. The van der Waals surface area contributed by atoms with E-state index in [1.165, 1.54) is 0 Å². The first-order chi connectivity index (χ1) is 16.1. The van der Waals surface area contributed by atoms with Crippen LogP contribution in [0.5, 0.6) is 0 Å². The van der Waals surface area contributed by atoms with Gasteiger partial charge in [0.1, 0.15) is 0 Å². The molecular formula is C26H23BrN6. The second-order valence-corrected chi connectivity index (χ2v) is 7.98. The third-order valence-corrected chi connectivity index (χ3v) is 5.27. The number of para-hydroxylation sites is 5. The van der Waals surface area contributed by atoms with Crippen molar-refractivity contribution in [2.24, 2.45) is 0 Å². The number of fused-ring (bicyclic) bond motifs is 2. The number of nitrogens with zero attached hydrogens (tertiary/aromatic N) is 3. The van der Waals surface area contributed by atoms with Crippen LogP contribution in [0.4, 0.5) is 11.9 Å². The number of hydrogen-bond acceptors (Lipinski definition) is 4. The first-order valence-corrected chi connectivity index (χ1v) is 11.1. The fourth-order valence-corrected chi connectivity index (χ4v) is 3.59. The number of nitrogens with one attached hydrogen (secondary N) is 1. The molecule has 33 heavy (non-hydrogen) atoms. The molecule has 6 rings (SSSR count). The lowest BCUT2D eigenvalue weighted by atomic mass is 10.3. The van der Waals surface area contributed by atoms with Crippen LogP contribution in [0.3, 0.4) is 0 Å². The molecule has 7 heteroatoms. The summed E-state index contributed by atoms with van der Waals surface area (Å²) in [6.07, 6.45) is 0. The molecular weight excluding hydrogens is 476 g/mol. The van der Waals surface area contributed by atoms with Crippen molar-refractivity contribution in [1.29, 1.82) is 0 Å². The normalized spacial score (nSPS) is 10.2. The number of nitrogens with two attached hydrogens (primary N) is 2. The van der Waals surface area contributed by atoms with Gasteiger partial charge < -0.3 is 16.5 Å². The zero-order valence-corrected chi connectivity index (χ0v) is 19.4. The summed E-state index contributed by atoms with van der Waals surface area (Å²) in [4.78, 5) is 11.3. The lowest BCUT2D eigenvalue weighted by Crippen LogP contribution is -1.99. The molecule has 0 fully saturated rings. The summed E-state index contributed by atoms with van der Waals surface area (Å²) in [5.41, 5.74) is 16.3. The molecule has 0 aliphatic heterocycles. The zero-order chi connectivity index (χ0) is 23.0. The Labute approximate surface area is 200 Å². The van der Waals surface area contributed by atoms with Crippen LogP contribution < -0.4 is 11.5 Å². The van der Waals surface area contributed by atoms with Crippen molar-refractivity contribution in [3.05, 3.63) is 114 Å². The van der Waals surface area contributed by atoms with Gasteiger partial charge in [-0.1, -0.05) is 76.6 Å². The number of H-pyrrole nitrogens is 1. The number of aromatic nitrogens is 4. The molecule has 6 aromatic rings. The molecule has 0 radical (unpaired) electrons. The maximum absolute atomic E-state index is 5.94. The van der Waals surface area contributed by atoms with Crippen LogP contribution in [0.15, 0.2) is 114 Å². The summed E-state index contributed by atoms with van der Waals surface area (Å²) in [5.74, 6) is 0.994. The Morgan fingerprint density at radius 2 is 1.21 bits per heavy atom. The highest BCUT2D eigenvalue weighted by Gasteiger charge is 2.08. The van der Waals surface area contributed by atoms with Crippen LogP contribution in [-0.4, -0.2) is 19.5 Å². The average molecular weight is 499 g/mol. The minimum Gasteiger partial charge on any atom is -0.369 e. The highest BCUT2D eigenvalue weighted by atomic mass is 79.9. The molecule has 2 aromatic heterocycles. The Bertz CT molecular complexity index is 1410. The van der Waals surface area contributed by atoms with Crippen LogP contribution >= 0.6 is 15.9 Å². The SMILES string of the molecule is Brc1ccccc1.Nc1nc2ccccc2[nH]1.Nc1nc2ccccc2n1-c1ccccc1. The zero-order valence-electron chi connectivity index (χ0n) is 17.8. The monoisotopic (exact) mass is 498 g/mol. The van der Waals surface area contributed by atoms with E-state index in [4.69, 9.17) is 11.5 Å². The minimum absolute atomic E-state index is 0.473. The van der Waals surface area contributed by atoms with Gasteiger partial charge in [-0.3, -0.25) is 4.57 Å². The molecule has 0 saturated heterocycles. The quantitative estimate of drug-likeness (QED) is 0.251. The van der Waals surface area contributed by atoms with Crippen molar-refractivity contribution >= 4 is 49.9 Å². The topological polar surface area (TPSA) is 98.5 Å². The van der Waals surface area contributed by atoms with Crippen molar-refractivity contribution < 1.29 is 0 Å². The minimum atomic E-state index is 0.473. The predicted molar refractivity (Wildman–Crippen MR) is 140 cm³/mol. The van der Waals surface area contributed by atoms with Crippen LogP contribution in [-0.2, 0) is 0 Å². The lowest BCUT2D eigenvalue weighted by molar-refractivity contribution is 1.11. The van der Waals surface area contributed by atoms with Crippen LogP contribution in [0, 0.1) is 0 Å². The highest BCUT2D eigenvalue weighted by molar-refractivity contribution is 9.10. The molecule has 0 saturated carbocycles. The highest BCUT2D eigenvalue weighted by Crippen LogP contribution is 2.22. The summed E-state index contributed by atoms with van der Waals surface area (Å²) in [5, 5.41) is 0. The number of hydrogen-bond donors (Lipinski definition) is 3. The van der Waals surface area contributed by atoms with Gasteiger partial charge in [-0.15, -0.1) is 0 Å². The summed E-state index contributed by atoms with van der Waals surface area (Å²) in [6.45, 7) is 0. The van der Waals surface area contributed by atoms with E-state index in [-0.39, 0.29) is 0 Å². The molecule has 164 valence electrons. The molecule has 5 N–H and O–H groups in total. The molecule has 0 aliphatic carbocycles. The van der Waals surface area contributed by atoms with Gasteiger partial charge in [0.05, 0.1) is 22.1 Å². The van der Waals surface area contributed by atoms with E-state index in [9.17, 15) is 0 Å². The molecule has 2 heterocycles. The first kappa shape index (κ1) is 22.1. The van der Waals surface area contributed by atoms with Crippen molar-refractivity contribution in [1.82, 2.24) is 19.5 Å². The number of benzene rings is 4. The Hall–Kier alpha value is -4.10. The fourth-order valence-electron chi connectivity index (χ4n) is 3.28. The largest absolute Gasteiger partial charge is 0.369 e. The number of aromatic amines is 1. The van der Waals surface area contributed by atoms with Gasteiger partial charge in [0.25, 0.3) is 0 Å². The number of nitrogen functional groups attached to an aromatic ring is 2. The van der Waals surface area contributed by atoms with Crippen molar-refractivity contribution in [3.8, 4) is 5.69 Å². The van der Waals surface area contributed by atoms with E-state index >= 15 is 0 Å². The fraction of sp³-hybridized carbons (Fsp3) is 0. The van der Waals surface area contributed by atoms with Crippen LogP contribution in [0.1, 0.15) is 0 Å². The standard InChI is InChI=1S/C13H11N3.C7H7N3.C6H5Br/c14-13-15-11-8-4-5-9-12(11)16(13)10-6-2-1-3-7-10;8-7-9-5-3-1-2-4-6(5)10-7;7-6-4-2-1-3-5-6/h1-9H,(H2,14,15);1-4H,(H3,8,9,10);1-5H. The smallest absolute Gasteiger partial charge is 0.205 e. The summed E-state index contributed by atoms with van der Waals surface area (Å²) in [7, 11) is 0. The van der Waals surface area contributed by atoms with Gasteiger partial charge in [0, 0.05) is 10.2 Å². The van der Waals surface area contributed by atoms with Crippen LogP contribution in [0.25, 0.3) is 27.8 Å². The molecule has 0 unspecified atom stereocenters. The van der Waals surface area contributed by atoms with Gasteiger partial charge in [-0.2, -0.15) is 0 Å². The molecule has 0 aliphatic rings. The molecule has 0 atom stereocenters. The lowest BCUT2D eigenvalue weighted by Gasteiger charge is -2.05. The Morgan fingerprint density at radius 1 is 0.636 bits per heavy atom. The summed E-state index contributed by atoms with van der Waals surface area (Å²) < 4.78 is 3.09. The first-order valence-electron chi connectivity index (χ1n) is 10.3. The van der Waals surface area contributed by atoms with Gasteiger partial charge in [0.2, 0.25) is 5.95 Å². The molecule has 6 nitrogen and oxygen atoms in total. The Balaban J connectivity index is 0.000000130. The Morgan fingerprint density at radius 3 is 1.85 bits per heavy atom. The van der Waals surface area contributed by atoms with Crippen molar-refractivity contribution in [2.45, 2.75) is 0 Å². The van der Waals surface area contributed by atoms with E-state index in [1.807, 2.05) is 114 Å². The van der Waals surface area contributed by atoms with E-state index in [2.05, 4.69) is 30.9 Å². The third-order valence-electron chi connectivity index (χ3n) is 4.74. The van der Waals surface area contributed by atoms with Crippen molar-refractivity contribution in [3.63, 3.8) is 0 Å². The van der Waals surface area contributed by atoms with Gasteiger partial charge in [-0.05, 0) is 48.5 Å². The number of anilines is 2. The molecule has 0 bridgehead atoms. The molecule has 0 amide bonds. The van der Waals surface area contributed by atoms with Gasteiger partial charge >= 0.3 is 0 Å². The maximum atomic E-state index is 5.94. The van der Waals surface area contributed by atoms with Gasteiger partial charge in [-0.25, -0.2) is 9.97 Å². The second-order valence-electron chi connectivity index (χ2n) is 7.06. The van der Waals surface area contributed by atoms with Crippen molar-refractivity contribution in [2.75, 3.05) is 11.5 Å². The predicted octanol–water partition coefficient (Wildman–Crippen LogP) is 6.20. The molecule has 4 aromatic carbocycles. The van der Waals surface area contributed by atoms with E-state index in [1.54, 1.807) is 0 Å². The summed E-state index contributed by atoms with van der Waals surface area (Å²) in [6, 6.07) is 35.6. The molecule has 0 spiro atoms. The van der Waals surface area contributed by atoms with E-state index in [0.717, 1.165) is 32.2 Å². The third kappa shape index (κ3) is 5.58. The van der Waals surface area contributed by atoms with E-state index in [0.29, 0.717) is 11.9 Å². The number of imidazole rings is 2. The Kier molecular flexibility index (Phi) is 7.02. The summed E-state index contributed by atoms with van der Waals surface area (Å²) >= 11 is 3.31. The average Bonchev–Trinajstić information content (AvgIpc) is 3.39.